The molecule has 1 unspecified atom stereocenters. The van der Waals surface area contributed by atoms with Gasteiger partial charge >= 0.3 is 0 Å². The van der Waals surface area contributed by atoms with Crippen molar-refractivity contribution in [3.63, 3.8) is 0 Å². The molecule has 86 valence electrons. The fourth-order valence-electron chi connectivity index (χ4n) is 1.29. The highest BCUT2D eigenvalue weighted by Gasteiger charge is 2.07. The van der Waals surface area contributed by atoms with E-state index in [9.17, 15) is 0 Å². The number of hydrogen-bond donors (Lipinski definition) is 1. The van der Waals surface area contributed by atoms with Crippen LogP contribution in [0.1, 0.15) is 18.5 Å². The molecule has 1 rings (SSSR count). The van der Waals surface area contributed by atoms with Crippen LogP contribution >= 0.6 is 12.4 Å². The van der Waals surface area contributed by atoms with Gasteiger partial charge in [-0.2, -0.15) is 0 Å². The largest absolute Gasteiger partial charge is 0.493 e. The van der Waals surface area contributed by atoms with Crippen molar-refractivity contribution in [2.75, 3.05) is 21.3 Å². The summed E-state index contributed by atoms with van der Waals surface area (Å²) in [6, 6.07) is 6.25. The van der Waals surface area contributed by atoms with Crippen LogP contribution in [0.5, 0.6) is 11.5 Å². The van der Waals surface area contributed by atoms with Crippen molar-refractivity contribution >= 4 is 12.4 Å². The first-order chi connectivity index (χ1) is 6.72. The number of nitrogens with one attached hydrogen (secondary N) is 1. The minimum absolute atomic E-state index is 0. The van der Waals surface area contributed by atoms with Crippen molar-refractivity contribution in [1.82, 2.24) is 5.32 Å². The van der Waals surface area contributed by atoms with Crippen LogP contribution in [0.4, 0.5) is 0 Å². The van der Waals surface area contributed by atoms with Crippen molar-refractivity contribution < 1.29 is 9.47 Å². The molecule has 15 heavy (non-hydrogen) atoms. The Labute approximate surface area is 97.2 Å². The molecule has 0 fully saturated rings. The topological polar surface area (TPSA) is 30.5 Å². The van der Waals surface area contributed by atoms with Gasteiger partial charge in [-0.05, 0) is 31.7 Å². The lowest BCUT2D eigenvalue weighted by atomic mass is 10.1. The number of benzene rings is 1. The van der Waals surface area contributed by atoms with Crippen molar-refractivity contribution in [1.29, 1.82) is 0 Å². The molecule has 0 aliphatic rings. The third-order valence-electron chi connectivity index (χ3n) is 2.34. The molecule has 0 aliphatic carbocycles. The van der Waals surface area contributed by atoms with Crippen LogP contribution < -0.4 is 14.8 Å². The molecule has 3 nitrogen and oxygen atoms in total. The Hall–Kier alpha value is -0.930. The highest BCUT2D eigenvalue weighted by atomic mass is 35.5. The molecule has 0 aliphatic heterocycles. The maximum absolute atomic E-state index is 5.22. The number of methoxy groups -OCH3 is 2. The van der Waals surface area contributed by atoms with E-state index in [2.05, 4.69) is 12.2 Å². The van der Waals surface area contributed by atoms with E-state index in [4.69, 9.17) is 9.47 Å². The van der Waals surface area contributed by atoms with Crippen LogP contribution in [0.2, 0.25) is 0 Å². The van der Waals surface area contributed by atoms with Crippen LogP contribution in [0.15, 0.2) is 18.2 Å². The van der Waals surface area contributed by atoms with Gasteiger partial charge in [0.25, 0.3) is 0 Å². The van der Waals surface area contributed by atoms with Crippen molar-refractivity contribution in [2.24, 2.45) is 0 Å². The Morgan fingerprint density at radius 2 is 1.73 bits per heavy atom. The summed E-state index contributed by atoms with van der Waals surface area (Å²) < 4.78 is 10.4. The van der Waals surface area contributed by atoms with E-state index in [1.807, 2.05) is 25.2 Å². The number of ether oxygens (including phenoxy) is 2. The van der Waals surface area contributed by atoms with Crippen LogP contribution in [0, 0.1) is 0 Å². The maximum Gasteiger partial charge on any atom is 0.161 e. The van der Waals surface area contributed by atoms with Crippen LogP contribution in [-0.2, 0) is 0 Å². The zero-order valence-electron chi connectivity index (χ0n) is 9.53. The molecule has 1 N–H and O–H groups in total. The van der Waals surface area contributed by atoms with Gasteiger partial charge in [0.05, 0.1) is 14.2 Å². The Morgan fingerprint density at radius 1 is 1.13 bits per heavy atom. The Balaban J connectivity index is 0.00000196. The van der Waals surface area contributed by atoms with Crippen molar-refractivity contribution in [3.05, 3.63) is 23.8 Å². The molecule has 0 heterocycles. The van der Waals surface area contributed by atoms with Crippen LogP contribution in [0.3, 0.4) is 0 Å². The quantitative estimate of drug-likeness (QED) is 0.863. The van der Waals surface area contributed by atoms with Gasteiger partial charge in [-0.25, -0.2) is 0 Å². The highest BCUT2D eigenvalue weighted by molar-refractivity contribution is 5.85. The summed E-state index contributed by atoms with van der Waals surface area (Å²) in [7, 11) is 5.21. The Morgan fingerprint density at radius 3 is 2.20 bits per heavy atom. The molecule has 1 aromatic carbocycles. The van der Waals surface area contributed by atoms with E-state index in [0.29, 0.717) is 6.04 Å². The highest BCUT2D eigenvalue weighted by Crippen LogP contribution is 2.29. The third kappa shape index (κ3) is 3.29. The molecule has 0 radical (unpaired) electrons. The summed E-state index contributed by atoms with van der Waals surface area (Å²) in [5, 5.41) is 3.17. The fourth-order valence-corrected chi connectivity index (χ4v) is 1.29. The molecule has 4 heteroatoms. The smallest absolute Gasteiger partial charge is 0.161 e. The minimum atomic E-state index is 0. The summed E-state index contributed by atoms with van der Waals surface area (Å²) in [6.45, 7) is 2.10. The molecule has 1 atom stereocenters. The van der Waals surface area contributed by atoms with E-state index in [1.54, 1.807) is 14.2 Å². The summed E-state index contributed by atoms with van der Waals surface area (Å²) in [5.74, 6) is 1.53. The average molecular weight is 232 g/mol. The third-order valence-corrected chi connectivity index (χ3v) is 2.34. The lowest BCUT2D eigenvalue weighted by Gasteiger charge is -2.13. The number of hydrogen-bond acceptors (Lipinski definition) is 3. The van der Waals surface area contributed by atoms with E-state index in [0.717, 1.165) is 11.5 Å². The minimum Gasteiger partial charge on any atom is -0.493 e. The number of rotatable bonds is 4. The predicted molar refractivity (Wildman–Crippen MR) is 64.3 cm³/mol. The molecule has 0 saturated heterocycles. The van der Waals surface area contributed by atoms with Crippen LogP contribution in [0.25, 0.3) is 0 Å². The van der Waals surface area contributed by atoms with Gasteiger partial charge in [-0.3, -0.25) is 0 Å². The SMILES string of the molecule is CNC(C)c1ccc(OC)c(OC)c1.Cl. The second kappa shape index (κ2) is 6.53. The standard InChI is InChI=1S/C11H17NO2.ClH/c1-8(12-2)9-5-6-10(13-3)11(7-9)14-4;/h5-8,12H,1-4H3;1H. The molecule has 0 spiro atoms. The van der Waals surface area contributed by atoms with Crippen LogP contribution in [-0.4, -0.2) is 21.3 Å². The molecule has 0 aromatic heterocycles. The van der Waals surface area contributed by atoms with E-state index in [1.165, 1.54) is 5.56 Å². The molecular weight excluding hydrogens is 214 g/mol. The monoisotopic (exact) mass is 231 g/mol. The second-order valence-electron chi connectivity index (χ2n) is 3.12. The summed E-state index contributed by atoms with van der Waals surface area (Å²) in [4.78, 5) is 0. The first-order valence-corrected chi connectivity index (χ1v) is 4.62. The predicted octanol–water partition coefficient (Wildman–Crippen LogP) is 2.41. The number of halogens is 1. The maximum atomic E-state index is 5.22. The normalized spacial score (nSPS) is 11.5. The van der Waals surface area contributed by atoms with E-state index in [-0.39, 0.29) is 12.4 Å². The van der Waals surface area contributed by atoms with Crippen molar-refractivity contribution in [3.8, 4) is 11.5 Å². The second-order valence-corrected chi connectivity index (χ2v) is 3.12. The van der Waals surface area contributed by atoms with Gasteiger partial charge in [0.15, 0.2) is 11.5 Å². The average Bonchev–Trinajstić information content (AvgIpc) is 2.26. The molecule has 0 bridgehead atoms. The van der Waals surface area contributed by atoms with Gasteiger partial charge in [0.2, 0.25) is 0 Å². The Kier molecular flexibility index (Phi) is 6.13. The lowest BCUT2D eigenvalue weighted by Crippen LogP contribution is -2.12. The van der Waals surface area contributed by atoms with Crippen molar-refractivity contribution in [2.45, 2.75) is 13.0 Å². The first-order valence-electron chi connectivity index (χ1n) is 4.62. The summed E-state index contributed by atoms with van der Waals surface area (Å²) in [5.41, 5.74) is 1.19. The summed E-state index contributed by atoms with van der Waals surface area (Å²) in [6.07, 6.45) is 0. The molecule has 1 aromatic rings. The molecule has 0 amide bonds. The van der Waals surface area contributed by atoms with Gasteiger partial charge in [-0.1, -0.05) is 6.07 Å². The first kappa shape index (κ1) is 14.1. The lowest BCUT2D eigenvalue weighted by molar-refractivity contribution is 0.354. The van der Waals surface area contributed by atoms with E-state index >= 15 is 0 Å². The van der Waals surface area contributed by atoms with Gasteiger partial charge in [0, 0.05) is 6.04 Å². The zero-order valence-corrected chi connectivity index (χ0v) is 10.4. The Bertz CT molecular complexity index is 305. The zero-order chi connectivity index (χ0) is 10.6. The fraction of sp³-hybridized carbons (Fsp3) is 0.455. The van der Waals surface area contributed by atoms with Gasteiger partial charge < -0.3 is 14.8 Å². The van der Waals surface area contributed by atoms with Gasteiger partial charge in [0.1, 0.15) is 0 Å². The van der Waals surface area contributed by atoms with E-state index < -0.39 is 0 Å². The van der Waals surface area contributed by atoms with Gasteiger partial charge in [-0.15, -0.1) is 12.4 Å². The molecule has 0 saturated carbocycles. The molecular formula is C11H18ClNO2. The summed E-state index contributed by atoms with van der Waals surface area (Å²) >= 11 is 0.